The number of carbonyl (C=O) groups excluding carboxylic acids is 1. The first-order valence-corrected chi connectivity index (χ1v) is 6.01. The molecule has 3 heteroatoms. The summed E-state index contributed by atoms with van der Waals surface area (Å²) in [7, 11) is 0. The molecule has 1 fully saturated rings. The molecule has 15 heavy (non-hydrogen) atoms. The van der Waals surface area contributed by atoms with E-state index in [-0.39, 0.29) is 17.4 Å². The summed E-state index contributed by atoms with van der Waals surface area (Å²) in [5.74, 6) is 0.353. The maximum atomic E-state index is 12.0. The standard InChI is InChI=1S/C12H24N2O/c1-5-12(3,4)14-11(15)10-7-6-8-13-9(10)2/h9-10,13H,5-8H2,1-4H3,(H,14,15). The molecule has 0 radical (unpaired) electrons. The Morgan fingerprint density at radius 1 is 1.53 bits per heavy atom. The third kappa shape index (κ3) is 3.49. The first-order valence-electron chi connectivity index (χ1n) is 6.01. The van der Waals surface area contributed by atoms with Crippen molar-refractivity contribution in [2.24, 2.45) is 5.92 Å². The minimum absolute atomic E-state index is 0.0751. The van der Waals surface area contributed by atoms with Gasteiger partial charge in [-0.1, -0.05) is 6.92 Å². The van der Waals surface area contributed by atoms with Gasteiger partial charge >= 0.3 is 0 Å². The van der Waals surface area contributed by atoms with Crippen LogP contribution in [-0.4, -0.2) is 24.0 Å². The third-order valence-corrected chi connectivity index (χ3v) is 3.44. The fourth-order valence-corrected chi connectivity index (χ4v) is 1.92. The molecule has 0 aromatic carbocycles. The highest BCUT2D eigenvalue weighted by atomic mass is 16.2. The van der Waals surface area contributed by atoms with Crippen molar-refractivity contribution in [1.29, 1.82) is 0 Å². The first kappa shape index (κ1) is 12.5. The lowest BCUT2D eigenvalue weighted by atomic mass is 9.90. The van der Waals surface area contributed by atoms with Crippen LogP contribution in [-0.2, 0) is 4.79 Å². The highest BCUT2D eigenvalue weighted by Crippen LogP contribution is 2.18. The van der Waals surface area contributed by atoms with Crippen molar-refractivity contribution in [3.63, 3.8) is 0 Å². The molecule has 2 N–H and O–H groups in total. The quantitative estimate of drug-likeness (QED) is 0.747. The van der Waals surface area contributed by atoms with Gasteiger partial charge in [0.25, 0.3) is 0 Å². The lowest BCUT2D eigenvalue weighted by Gasteiger charge is -2.33. The van der Waals surface area contributed by atoms with Gasteiger partial charge in [0.15, 0.2) is 0 Å². The van der Waals surface area contributed by atoms with Crippen LogP contribution in [0.2, 0.25) is 0 Å². The van der Waals surface area contributed by atoms with Gasteiger partial charge in [0.05, 0.1) is 5.92 Å². The summed E-state index contributed by atoms with van der Waals surface area (Å²) in [5.41, 5.74) is -0.0751. The average Bonchev–Trinajstić information content (AvgIpc) is 2.17. The van der Waals surface area contributed by atoms with Crippen molar-refractivity contribution in [3.8, 4) is 0 Å². The van der Waals surface area contributed by atoms with Crippen LogP contribution in [0.25, 0.3) is 0 Å². The summed E-state index contributed by atoms with van der Waals surface area (Å²) >= 11 is 0. The molecule has 0 bridgehead atoms. The van der Waals surface area contributed by atoms with E-state index in [9.17, 15) is 4.79 Å². The van der Waals surface area contributed by atoms with Gasteiger partial charge in [-0.05, 0) is 46.6 Å². The van der Waals surface area contributed by atoms with Gasteiger partial charge in [-0.3, -0.25) is 4.79 Å². The maximum absolute atomic E-state index is 12.0. The van der Waals surface area contributed by atoms with Gasteiger partial charge in [-0.15, -0.1) is 0 Å². The Hall–Kier alpha value is -0.570. The fourth-order valence-electron chi connectivity index (χ4n) is 1.92. The van der Waals surface area contributed by atoms with Gasteiger partial charge in [-0.25, -0.2) is 0 Å². The Balaban J connectivity index is 2.52. The van der Waals surface area contributed by atoms with Crippen LogP contribution in [0, 0.1) is 5.92 Å². The summed E-state index contributed by atoms with van der Waals surface area (Å²) in [4.78, 5) is 12.0. The Kier molecular flexibility index (Phi) is 4.14. The summed E-state index contributed by atoms with van der Waals surface area (Å²) in [6.07, 6.45) is 3.09. The summed E-state index contributed by atoms with van der Waals surface area (Å²) in [6.45, 7) is 9.39. The molecule has 0 aromatic heterocycles. The van der Waals surface area contributed by atoms with E-state index in [1.54, 1.807) is 0 Å². The van der Waals surface area contributed by atoms with Crippen molar-refractivity contribution in [3.05, 3.63) is 0 Å². The lowest BCUT2D eigenvalue weighted by Crippen LogP contribution is -2.52. The van der Waals surface area contributed by atoms with Crippen molar-refractivity contribution in [2.45, 2.75) is 58.5 Å². The van der Waals surface area contributed by atoms with Gasteiger partial charge in [0, 0.05) is 11.6 Å². The molecule has 1 saturated heterocycles. The number of rotatable bonds is 3. The van der Waals surface area contributed by atoms with E-state index in [1.807, 2.05) is 0 Å². The van der Waals surface area contributed by atoms with Crippen LogP contribution >= 0.6 is 0 Å². The average molecular weight is 212 g/mol. The molecular formula is C12H24N2O. The smallest absolute Gasteiger partial charge is 0.225 e. The van der Waals surface area contributed by atoms with Crippen LogP contribution in [0.3, 0.4) is 0 Å². The summed E-state index contributed by atoms with van der Waals surface area (Å²) in [5, 5.41) is 6.48. The van der Waals surface area contributed by atoms with Crippen molar-refractivity contribution < 1.29 is 4.79 Å². The molecule has 2 unspecified atom stereocenters. The van der Waals surface area contributed by atoms with E-state index in [2.05, 4.69) is 38.3 Å². The monoisotopic (exact) mass is 212 g/mol. The highest BCUT2D eigenvalue weighted by molar-refractivity contribution is 5.80. The van der Waals surface area contributed by atoms with E-state index in [4.69, 9.17) is 0 Å². The van der Waals surface area contributed by atoms with Crippen LogP contribution in [0.4, 0.5) is 0 Å². The second kappa shape index (κ2) is 4.97. The van der Waals surface area contributed by atoms with E-state index in [0.717, 1.165) is 25.8 Å². The molecular weight excluding hydrogens is 188 g/mol. The van der Waals surface area contributed by atoms with E-state index < -0.39 is 0 Å². The van der Waals surface area contributed by atoms with Gasteiger partial charge in [0.2, 0.25) is 5.91 Å². The SMILES string of the molecule is CCC(C)(C)NC(=O)C1CCCNC1C. The van der Waals surface area contributed by atoms with E-state index in [0.29, 0.717) is 6.04 Å². The normalized spacial score (nSPS) is 27.5. The van der Waals surface area contributed by atoms with Crippen LogP contribution in [0.5, 0.6) is 0 Å². The number of hydrogen-bond acceptors (Lipinski definition) is 2. The molecule has 1 rings (SSSR count). The van der Waals surface area contributed by atoms with E-state index >= 15 is 0 Å². The number of nitrogens with one attached hydrogen (secondary N) is 2. The van der Waals surface area contributed by atoms with Crippen LogP contribution in [0.15, 0.2) is 0 Å². The van der Waals surface area contributed by atoms with Crippen LogP contribution in [0.1, 0.15) is 47.0 Å². The van der Waals surface area contributed by atoms with Gasteiger partial charge in [0.1, 0.15) is 0 Å². The second-order valence-corrected chi connectivity index (χ2v) is 5.22. The molecule has 88 valence electrons. The Morgan fingerprint density at radius 2 is 2.20 bits per heavy atom. The summed E-state index contributed by atoms with van der Waals surface area (Å²) < 4.78 is 0. The fraction of sp³-hybridized carbons (Fsp3) is 0.917. The molecule has 3 nitrogen and oxygen atoms in total. The highest BCUT2D eigenvalue weighted by Gasteiger charge is 2.30. The first-order chi connectivity index (χ1) is 6.96. The van der Waals surface area contributed by atoms with Crippen molar-refractivity contribution in [1.82, 2.24) is 10.6 Å². The molecule has 0 spiro atoms. The zero-order valence-corrected chi connectivity index (χ0v) is 10.4. The third-order valence-electron chi connectivity index (χ3n) is 3.44. The molecule has 1 aliphatic heterocycles. The molecule has 1 heterocycles. The van der Waals surface area contributed by atoms with Gasteiger partial charge < -0.3 is 10.6 Å². The largest absolute Gasteiger partial charge is 0.351 e. The maximum Gasteiger partial charge on any atom is 0.225 e. The minimum Gasteiger partial charge on any atom is -0.351 e. The molecule has 1 amide bonds. The predicted molar refractivity (Wildman–Crippen MR) is 62.7 cm³/mol. The number of piperidine rings is 1. The van der Waals surface area contributed by atoms with Crippen molar-refractivity contribution in [2.75, 3.05) is 6.54 Å². The molecule has 1 aliphatic rings. The zero-order chi connectivity index (χ0) is 11.5. The Morgan fingerprint density at radius 3 is 2.73 bits per heavy atom. The van der Waals surface area contributed by atoms with Crippen LogP contribution < -0.4 is 10.6 Å². The van der Waals surface area contributed by atoms with E-state index in [1.165, 1.54) is 0 Å². The zero-order valence-electron chi connectivity index (χ0n) is 10.4. The topological polar surface area (TPSA) is 41.1 Å². The molecule has 0 aliphatic carbocycles. The molecule has 2 atom stereocenters. The predicted octanol–water partition coefficient (Wildman–Crippen LogP) is 1.68. The molecule has 0 saturated carbocycles. The number of carbonyl (C=O) groups is 1. The van der Waals surface area contributed by atoms with Crippen molar-refractivity contribution >= 4 is 5.91 Å². The van der Waals surface area contributed by atoms with Gasteiger partial charge in [-0.2, -0.15) is 0 Å². The Labute approximate surface area is 93.0 Å². The number of amides is 1. The lowest BCUT2D eigenvalue weighted by molar-refractivity contribution is -0.128. The molecule has 0 aromatic rings. The Bertz CT molecular complexity index is 226. The second-order valence-electron chi connectivity index (χ2n) is 5.22. The number of hydrogen-bond donors (Lipinski definition) is 2. The summed E-state index contributed by atoms with van der Waals surface area (Å²) in [6, 6.07) is 0.311. The minimum atomic E-state index is -0.0751.